The molecule has 7 nitrogen and oxygen atoms in total. The maximum atomic E-state index is 13.6. The van der Waals surface area contributed by atoms with Crippen LogP contribution in [-0.4, -0.2) is 89.8 Å². The Morgan fingerprint density at radius 2 is 1.53 bits per heavy atom. The molecule has 170 valence electrons. The monoisotopic (exact) mass is 436 g/mol. The summed E-state index contributed by atoms with van der Waals surface area (Å²) in [5, 5.41) is 0. The van der Waals surface area contributed by atoms with Crippen LogP contribution in [0, 0.1) is 0 Å². The van der Waals surface area contributed by atoms with E-state index in [1.807, 2.05) is 23.1 Å². The van der Waals surface area contributed by atoms with E-state index >= 15 is 0 Å². The number of benzene rings is 1. The van der Waals surface area contributed by atoms with E-state index in [4.69, 9.17) is 4.42 Å². The van der Waals surface area contributed by atoms with Crippen molar-refractivity contribution >= 4 is 11.8 Å². The van der Waals surface area contributed by atoms with Crippen molar-refractivity contribution in [3.05, 3.63) is 59.5 Å². The Bertz CT molecular complexity index is 930. The molecule has 2 amide bonds. The van der Waals surface area contributed by atoms with Crippen LogP contribution < -0.4 is 0 Å². The molecule has 1 atom stereocenters. The first-order valence-corrected chi connectivity index (χ1v) is 11.8. The van der Waals surface area contributed by atoms with E-state index in [0.29, 0.717) is 13.0 Å². The number of hydrogen-bond acceptors (Lipinski definition) is 5. The number of hydrogen-bond donors (Lipinski definition) is 0. The van der Waals surface area contributed by atoms with Crippen LogP contribution in [0.25, 0.3) is 0 Å². The smallest absolute Gasteiger partial charge is 0.290 e. The molecule has 7 heteroatoms. The molecule has 0 radical (unpaired) electrons. The molecule has 1 aromatic heterocycles. The molecule has 3 aliphatic heterocycles. The molecule has 2 aromatic rings. The van der Waals surface area contributed by atoms with Crippen molar-refractivity contribution in [1.29, 1.82) is 0 Å². The van der Waals surface area contributed by atoms with Crippen molar-refractivity contribution in [3.8, 4) is 0 Å². The Hall–Kier alpha value is -2.64. The molecule has 0 saturated carbocycles. The third-order valence-electron chi connectivity index (χ3n) is 7.14. The van der Waals surface area contributed by atoms with Crippen LogP contribution in [0.4, 0.5) is 0 Å². The lowest BCUT2D eigenvalue weighted by Crippen LogP contribution is -2.58. The predicted molar refractivity (Wildman–Crippen MR) is 121 cm³/mol. The van der Waals surface area contributed by atoms with Gasteiger partial charge < -0.3 is 19.1 Å². The Labute approximate surface area is 189 Å². The van der Waals surface area contributed by atoms with Gasteiger partial charge in [-0.25, -0.2) is 0 Å². The highest BCUT2D eigenvalue weighted by atomic mass is 16.3. The number of nitrogens with zero attached hydrogens (tertiary/aromatic N) is 4. The Morgan fingerprint density at radius 1 is 0.844 bits per heavy atom. The fraction of sp³-hybridized carbons (Fsp3) is 0.520. The summed E-state index contributed by atoms with van der Waals surface area (Å²) in [7, 11) is 0. The molecular weight excluding hydrogens is 404 g/mol. The molecule has 2 fully saturated rings. The Kier molecular flexibility index (Phi) is 6.28. The average Bonchev–Trinajstić information content (AvgIpc) is 3.56. The minimum Gasteiger partial charge on any atom is -0.459 e. The molecule has 0 spiro atoms. The largest absolute Gasteiger partial charge is 0.459 e. The van der Waals surface area contributed by atoms with Gasteiger partial charge in [-0.2, -0.15) is 0 Å². The zero-order chi connectivity index (χ0) is 21.9. The molecule has 5 rings (SSSR count). The standard InChI is InChI=1S/C25H32N4O3/c30-24(28-15-13-27(14-16-28)12-11-26-9-3-4-10-26)22-18-20-6-1-2-7-21(20)19-29(22)25(31)23-8-5-17-32-23/h1-2,5-8,17,22H,3-4,9-16,18-19H2. The molecule has 1 unspecified atom stereocenters. The molecule has 32 heavy (non-hydrogen) atoms. The third kappa shape index (κ3) is 4.45. The van der Waals surface area contributed by atoms with E-state index in [9.17, 15) is 9.59 Å². The minimum atomic E-state index is -0.487. The maximum absolute atomic E-state index is 13.6. The van der Waals surface area contributed by atoms with E-state index in [1.54, 1.807) is 17.0 Å². The SMILES string of the molecule is O=C(C1Cc2ccccc2CN1C(=O)c1ccco1)N1CCN(CCN2CCCC2)CC1. The van der Waals surface area contributed by atoms with Gasteiger partial charge in [-0.15, -0.1) is 0 Å². The Morgan fingerprint density at radius 3 is 2.22 bits per heavy atom. The van der Waals surface area contributed by atoms with Crippen LogP contribution in [0.3, 0.4) is 0 Å². The lowest BCUT2D eigenvalue weighted by Gasteiger charge is -2.41. The number of amides is 2. The quantitative estimate of drug-likeness (QED) is 0.718. The fourth-order valence-corrected chi connectivity index (χ4v) is 5.19. The Balaban J connectivity index is 1.25. The molecule has 3 aliphatic rings. The van der Waals surface area contributed by atoms with Crippen LogP contribution in [0.2, 0.25) is 0 Å². The zero-order valence-electron chi connectivity index (χ0n) is 18.6. The van der Waals surface area contributed by atoms with E-state index in [1.165, 1.54) is 32.2 Å². The normalized spacial score (nSPS) is 22.2. The highest BCUT2D eigenvalue weighted by Gasteiger charge is 2.38. The van der Waals surface area contributed by atoms with E-state index in [0.717, 1.165) is 50.4 Å². The van der Waals surface area contributed by atoms with Crippen molar-refractivity contribution < 1.29 is 14.0 Å². The summed E-state index contributed by atoms with van der Waals surface area (Å²) in [5.74, 6) is 0.125. The first-order chi connectivity index (χ1) is 15.7. The highest BCUT2D eigenvalue weighted by Crippen LogP contribution is 2.26. The number of likely N-dealkylation sites (tertiary alicyclic amines) is 1. The summed E-state index contributed by atoms with van der Waals surface area (Å²) in [6.45, 7) is 8.31. The summed E-state index contributed by atoms with van der Waals surface area (Å²) < 4.78 is 5.37. The van der Waals surface area contributed by atoms with Crippen LogP contribution in [-0.2, 0) is 17.8 Å². The second kappa shape index (κ2) is 9.46. The van der Waals surface area contributed by atoms with Gasteiger partial charge >= 0.3 is 0 Å². The van der Waals surface area contributed by atoms with Gasteiger partial charge in [0.05, 0.1) is 6.26 Å². The number of carbonyl (C=O) groups is 2. The van der Waals surface area contributed by atoms with Crippen LogP contribution in [0.1, 0.15) is 34.5 Å². The lowest BCUT2D eigenvalue weighted by atomic mass is 9.92. The molecule has 0 aliphatic carbocycles. The van der Waals surface area contributed by atoms with Gasteiger partial charge in [0, 0.05) is 52.2 Å². The van der Waals surface area contributed by atoms with Gasteiger partial charge in [0.2, 0.25) is 5.91 Å². The molecular formula is C25H32N4O3. The topological polar surface area (TPSA) is 60.2 Å². The predicted octanol–water partition coefficient (Wildman–Crippen LogP) is 2.09. The molecule has 0 N–H and O–H groups in total. The summed E-state index contributed by atoms with van der Waals surface area (Å²) in [4.78, 5) is 35.4. The number of rotatable bonds is 5. The van der Waals surface area contributed by atoms with Crippen molar-refractivity contribution in [3.63, 3.8) is 0 Å². The first kappa shape index (κ1) is 21.2. The lowest BCUT2D eigenvalue weighted by molar-refractivity contribution is -0.138. The van der Waals surface area contributed by atoms with Crippen molar-refractivity contribution in [2.24, 2.45) is 0 Å². The summed E-state index contributed by atoms with van der Waals surface area (Å²) >= 11 is 0. The number of furan rings is 1. The maximum Gasteiger partial charge on any atom is 0.290 e. The molecule has 1 aromatic carbocycles. The van der Waals surface area contributed by atoms with Gasteiger partial charge in [0.15, 0.2) is 5.76 Å². The van der Waals surface area contributed by atoms with Crippen LogP contribution in [0.15, 0.2) is 47.1 Å². The van der Waals surface area contributed by atoms with Crippen LogP contribution in [0.5, 0.6) is 0 Å². The molecule has 2 saturated heterocycles. The van der Waals surface area contributed by atoms with E-state index in [2.05, 4.69) is 15.9 Å². The van der Waals surface area contributed by atoms with E-state index in [-0.39, 0.29) is 17.6 Å². The van der Waals surface area contributed by atoms with Gasteiger partial charge in [-0.1, -0.05) is 24.3 Å². The first-order valence-electron chi connectivity index (χ1n) is 11.8. The number of carbonyl (C=O) groups excluding carboxylic acids is 2. The fourth-order valence-electron chi connectivity index (χ4n) is 5.19. The summed E-state index contributed by atoms with van der Waals surface area (Å²) in [6, 6.07) is 11.0. The van der Waals surface area contributed by atoms with Crippen molar-refractivity contribution in [2.75, 3.05) is 52.4 Å². The average molecular weight is 437 g/mol. The van der Waals surface area contributed by atoms with Gasteiger partial charge in [0.25, 0.3) is 5.91 Å². The zero-order valence-corrected chi connectivity index (χ0v) is 18.6. The number of piperazine rings is 1. The van der Waals surface area contributed by atoms with Gasteiger partial charge in [0.1, 0.15) is 6.04 Å². The molecule has 0 bridgehead atoms. The second-order valence-corrected chi connectivity index (χ2v) is 9.11. The molecule has 4 heterocycles. The summed E-state index contributed by atoms with van der Waals surface area (Å²) in [6.07, 6.45) is 4.69. The second-order valence-electron chi connectivity index (χ2n) is 9.11. The van der Waals surface area contributed by atoms with Gasteiger partial charge in [-0.3, -0.25) is 14.5 Å². The highest BCUT2D eigenvalue weighted by molar-refractivity contribution is 5.96. The van der Waals surface area contributed by atoms with Crippen LogP contribution >= 0.6 is 0 Å². The minimum absolute atomic E-state index is 0.0543. The van der Waals surface area contributed by atoms with Crippen molar-refractivity contribution in [1.82, 2.24) is 19.6 Å². The number of fused-ring (bicyclic) bond motifs is 1. The van der Waals surface area contributed by atoms with Gasteiger partial charge in [-0.05, 0) is 49.2 Å². The van der Waals surface area contributed by atoms with E-state index < -0.39 is 6.04 Å². The van der Waals surface area contributed by atoms with Crippen molar-refractivity contribution in [2.45, 2.75) is 31.8 Å². The summed E-state index contributed by atoms with van der Waals surface area (Å²) in [5.41, 5.74) is 2.25. The third-order valence-corrected chi connectivity index (χ3v) is 7.14.